The number of ether oxygens (including phenoxy) is 1. The van der Waals surface area contributed by atoms with Gasteiger partial charge in [0.1, 0.15) is 11.6 Å². The highest BCUT2D eigenvalue weighted by molar-refractivity contribution is 5.85. The standard InChI is InChI=1S/C19H27N3O3/c1-13(2)15-12-22(18(24)21-20-15)16(17(23)25-19(3,4)5)11-14-9-7-6-8-10-14/h6-10,12-13,16,20H,11H2,1-5H3,(H,21,24)/t16-/m0/s1. The number of carbonyl (C=O) groups is 2. The van der Waals surface area contributed by atoms with Crippen molar-refractivity contribution in [2.75, 3.05) is 0 Å². The second-order valence-corrected chi connectivity index (χ2v) is 7.44. The van der Waals surface area contributed by atoms with Crippen molar-refractivity contribution in [2.45, 2.75) is 52.7 Å². The van der Waals surface area contributed by atoms with E-state index in [1.54, 1.807) is 6.20 Å². The molecule has 0 aromatic heterocycles. The molecule has 0 saturated carbocycles. The van der Waals surface area contributed by atoms with Gasteiger partial charge in [-0.3, -0.25) is 15.8 Å². The van der Waals surface area contributed by atoms with Gasteiger partial charge in [0.15, 0.2) is 0 Å². The number of hydrazine groups is 1. The first-order chi connectivity index (χ1) is 11.7. The molecule has 2 N–H and O–H groups in total. The van der Waals surface area contributed by atoms with Crippen LogP contribution in [0.3, 0.4) is 0 Å². The maximum absolute atomic E-state index is 12.8. The summed E-state index contributed by atoms with van der Waals surface area (Å²) in [5, 5.41) is 0. The Balaban J connectivity index is 2.34. The van der Waals surface area contributed by atoms with E-state index in [4.69, 9.17) is 4.74 Å². The third kappa shape index (κ3) is 5.24. The zero-order chi connectivity index (χ0) is 18.6. The van der Waals surface area contributed by atoms with Crippen LogP contribution >= 0.6 is 0 Å². The fourth-order valence-electron chi connectivity index (χ4n) is 2.46. The zero-order valence-electron chi connectivity index (χ0n) is 15.5. The first kappa shape index (κ1) is 18.8. The van der Waals surface area contributed by atoms with E-state index >= 15 is 0 Å². The third-order valence-electron chi connectivity index (χ3n) is 3.73. The molecule has 1 aromatic rings. The molecule has 1 aliphatic rings. The van der Waals surface area contributed by atoms with Gasteiger partial charge < -0.3 is 4.74 Å². The lowest BCUT2D eigenvalue weighted by molar-refractivity contribution is -0.159. The number of benzene rings is 1. The number of rotatable bonds is 5. The van der Waals surface area contributed by atoms with Crippen molar-refractivity contribution in [3.63, 3.8) is 0 Å². The van der Waals surface area contributed by atoms with Crippen molar-refractivity contribution >= 4 is 12.0 Å². The van der Waals surface area contributed by atoms with Gasteiger partial charge >= 0.3 is 12.0 Å². The van der Waals surface area contributed by atoms with Crippen LogP contribution in [-0.4, -0.2) is 28.5 Å². The van der Waals surface area contributed by atoms with Crippen molar-refractivity contribution in [2.24, 2.45) is 5.92 Å². The fourth-order valence-corrected chi connectivity index (χ4v) is 2.46. The zero-order valence-corrected chi connectivity index (χ0v) is 15.5. The topological polar surface area (TPSA) is 70.7 Å². The van der Waals surface area contributed by atoms with Gasteiger partial charge in [-0.25, -0.2) is 9.59 Å². The average Bonchev–Trinajstić information content (AvgIpc) is 2.52. The number of nitrogens with zero attached hydrogens (tertiary/aromatic N) is 1. The van der Waals surface area contributed by atoms with E-state index in [2.05, 4.69) is 10.9 Å². The summed E-state index contributed by atoms with van der Waals surface area (Å²) in [7, 11) is 0. The smallest absolute Gasteiger partial charge is 0.340 e. The first-order valence-electron chi connectivity index (χ1n) is 8.50. The van der Waals surface area contributed by atoms with Gasteiger partial charge in [0.2, 0.25) is 0 Å². The van der Waals surface area contributed by atoms with E-state index in [1.165, 1.54) is 4.90 Å². The normalized spacial score (nSPS) is 16.0. The fraction of sp³-hybridized carbons (Fsp3) is 0.474. The van der Waals surface area contributed by atoms with Crippen LogP contribution in [0.1, 0.15) is 40.2 Å². The molecule has 1 heterocycles. The molecular formula is C19H27N3O3. The van der Waals surface area contributed by atoms with E-state index in [9.17, 15) is 9.59 Å². The van der Waals surface area contributed by atoms with Gasteiger partial charge in [-0.15, -0.1) is 0 Å². The highest BCUT2D eigenvalue weighted by Crippen LogP contribution is 2.19. The molecule has 1 aliphatic heterocycles. The van der Waals surface area contributed by atoms with E-state index in [1.807, 2.05) is 65.0 Å². The third-order valence-corrected chi connectivity index (χ3v) is 3.73. The molecule has 0 spiro atoms. The Morgan fingerprint density at radius 1 is 1.16 bits per heavy atom. The largest absolute Gasteiger partial charge is 0.458 e. The Morgan fingerprint density at radius 2 is 1.80 bits per heavy atom. The SMILES string of the molecule is CC(C)C1=CN([C@@H](Cc2ccccc2)C(=O)OC(C)(C)C)C(=O)NN1. The minimum atomic E-state index is -0.738. The summed E-state index contributed by atoms with van der Waals surface area (Å²) in [6.07, 6.45) is 2.08. The lowest BCUT2D eigenvalue weighted by Crippen LogP contribution is -2.56. The molecule has 0 radical (unpaired) electrons. The van der Waals surface area contributed by atoms with E-state index in [0.29, 0.717) is 6.42 Å². The molecule has 6 nitrogen and oxygen atoms in total. The van der Waals surface area contributed by atoms with Crippen LogP contribution in [0.5, 0.6) is 0 Å². The number of hydrogen-bond donors (Lipinski definition) is 2. The van der Waals surface area contributed by atoms with Gasteiger partial charge in [0.05, 0.1) is 5.70 Å². The highest BCUT2D eigenvalue weighted by atomic mass is 16.6. The van der Waals surface area contributed by atoms with Crippen LogP contribution in [0.25, 0.3) is 0 Å². The van der Waals surface area contributed by atoms with Crippen LogP contribution in [0, 0.1) is 5.92 Å². The van der Waals surface area contributed by atoms with Crippen LogP contribution in [0.4, 0.5) is 4.79 Å². The monoisotopic (exact) mass is 345 g/mol. The second kappa shape index (κ2) is 7.59. The number of urea groups is 1. The molecule has 0 fully saturated rings. The van der Waals surface area contributed by atoms with Crippen molar-refractivity contribution in [1.82, 2.24) is 15.8 Å². The van der Waals surface area contributed by atoms with Gasteiger partial charge in [-0.2, -0.15) is 0 Å². The maximum atomic E-state index is 12.8. The Hall–Kier alpha value is -2.50. The predicted molar refractivity (Wildman–Crippen MR) is 96.2 cm³/mol. The number of hydrogen-bond acceptors (Lipinski definition) is 4. The average molecular weight is 345 g/mol. The maximum Gasteiger partial charge on any atom is 0.340 e. The molecule has 2 amide bonds. The quantitative estimate of drug-likeness (QED) is 0.805. The lowest BCUT2D eigenvalue weighted by atomic mass is 10.0. The first-order valence-corrected chi connectivity index (χ1v) is 8.50. The number of esters is 1. The van der Waals surface area contributed by atoms with Gasteiger partial charge in [0, 0.05) is 12.6 Å². The molecule has 25 heavy (non-hydrogen) atoms. The summed E-state index contributed by atoms with van der Waals surface area (Å²) < 4.78 is 5.56. The molecular weight excluding hydrogens is 318 g/mol. The summed E-state index contributed by atoms with van der Waals surface area (Å²) in [5.41, 5.74) is 6.65. The minimum absolute atomic E-state index is 0.180. The number of allylic oxidation sites excluding steroid dienone is 1. The molecule has 0 saturated heterocycles. The van der Waals surface area contributed by atoms with Crippen LogP contribution in [0.15, 0.2) is 42.2 Å². The van der Waals surface area contributed by atoms with Gasteiger partial charge in [0.25, 0.3) is 0 Å². The van der Waals surface area contributed by atoms with E-state index in [0.717, 1.165) is 11.3 Å². The molecule has 6 heteroatoms. The molecule has 2 rings (SSSR count). The Kier molecular flexibility index (Phi) is 5.72. The van der Waals surface area contributed by atoms with Crippen molar-refractivity contribution in [3.05, 3.63) is 47.8 Å². The predicted octanol–water partition coefficient (Wildman–Crippen LogP) is 2.97. The molecule has 0 aliphatic carbocycles. The minimum Gasteiger partial charge on any atom is -0.458 e. The summed E-state index contributed by atoms with van der Waals surface area (Å²) in [4.78, 5) is 26.6. The van der Waals surface area contributed by atoms with E-state index < -0.39 is 17.6 Å². The molecule has 1 aromatic carbocycles. The van der Waals surface area contributed by atoms with Crippen molar-refractivity contribution in [1.29, 1.82) is 0 Å². The molecule has 0 unspecified atom stereocenters. The molecule has 136 valence electrons. The lowest BCUT2D eigenvalue weighted by Gasteiger charge is -2.34. The summed E-state index contributed by atoms with van der Waals surface area (Å²) >= 11 is 0. The number of carbonyl (C=O) groups excluding carboxylic acids is 2. The second-order valence-electron chi connectivity index (χ2n) is 7.44. The van der Waals surface area contributed by atoms with Crippen LogP contribution < -0.4 is 10.9 Å². The summed E-state index contributed by atoms with van der Waals surface area (Å²) in [6, 6.07) is 8.49. The Labute approximate surface area is 149 Å². The Morgan fingerprint density at radius 3 is 2.36 bits per heavy atom. The van der Waals surface area contributed by atoms with Crippen LogP contribution in [-0.2, 0) is 16.0 Å². The molecule has 0 bridgehead atoms. The van der Waals surface area contributed by atoms with Gasteiger partial charge in [-0.1, -0.05) is 44.2 Å². The van der Waals surface area contributed by atoms with Gasteiger partial charge in [-0.05, 0) is 32.3 Å². The number of amides is 2. The molecule has 1 atom stereocenters. The summed E-state index contributed by atoms with van der Waals surface area (Å²) in [5.74, 6) is -0.244. The Bertz CT molecular complexity index is 648. The van der Waals surface area contributed by atoms with Crippen LogP contribution in [0.2, 0.25) is 0 Å². The summed E-state index contributed by atoms with van der Waals surface area (Å²) in [6.45, 7) is 9.47. The van der Waals surface area contributed by atoms with E-state index in [-0.39, 0.29) is 11.9 Å². The number of nitrogens with one attached hydrogen (secondary N) is 2. The van der Waals surface area contributed by atoms with Crippen molar-refractivity contribution < 1.29 is 14.3 Å². The highest BCUT2D eigenvalue weighted by Gasteiger charge is 2.35. The van der Waals surface area contributed by atoms with Crippen molar-refractivity contribution in [3.8, 4) is 0 Å².